The van der Waals surface area contributed by atoms with Crippen LogP contribution in [0.3, 0.4) is 0 Å². The number of benzene rings is 2. The van der Waals surface area contributed by atoms with E-state index in [1.807, 2.05) is 6.07 Å². The van der Waals surface area contributed by atoms with Crippen LogP contribution in [0.2, 0.25) is 0 Å². The molecular weight excluding hydrogens is 589 g/mol. The summed E-state index contributed by atoms with van der Waals surface area (Å²) in [5.74, 6) is -0.168. The first-order valence-corrected chi connectivity index (χ1v) is 16.8. The molecule has 1 fully saturated rings. The maximum Gasteiger partial charge on any atom is 0.407 e. The Balaban J connectivity index is 2.00. The highest BCUT2D eigenvalue weighted by Crippen LogP contribution is 2.43. The Morgan fingerprint density at radius 3 is 2.40 bits per heavy atom. The van der Waals surface area contributed by atoms with Crippen LogP contribution in [0, 0.1) is 16.0 Å². The summed E-state index contributed by atoms with van der Waals surface area (Å²) < 4.78 is 58.0. The van der Waals surface area contributed by atoms with Gasteiger partial charge in [0, 0.05) is 37.8 Å². The van der Waals surface area contributed by atoms with E-state index in [-0.39, 0.29) is 42.2 Å². The molecule has 1 saturated heterocycles. The predicted molar refractivity (Wildman–Crippen MR) is 155 cm³/mol. The summed E-state index contributed by atoms with van der Waals surface area (Å²) in [6, 6.07) is 12.5. The fourth-order valence-electron chi connectivity index (χ4n) is 4.37. The maximum atomic E-state index is 13.8. The van der Waals surface area contributed by atoms with Crippen LogP contribution in [0.25, 0.3) is 0 Å². The monoisotopic (exact) mass is 627 g/mol. The van der Waals surface area contributed by atoms with E-state index >= 15 is 0 Å². The van der Waals surface area contributed by atoms with E-state index in [1.54, 1.807) is 38.1 Å². The molecule has 0 saturated carbocycles. The van der Waals surface area contributed by atoms with Crippen LogP contribution in [0.4, 0.5) is 10.5 Å². The minimum atomic E-state index is -4.25. The second-order valence-electron chi connectivity index (χ2n) is 10.4. The van der Waals surface area contributed by atoms with Crippen LogP contribution in [0.15, 0.2) is 59.5 Å². The average Bonchev–Trinajstić information content (AvgIpc) is 3.45. The van der Waals surface area contributed by atoms with Gasteiger partial charge in [0.15, 0.2) is 0 Å². The fraction of sp³-hybridized carbons (Fsp3) is 0.519. The van der Waals surface area contributed by atoms with Gasteiger partial charge in [0.05, 0.1) is 29.1 Å². The van der Waals surface area contributed by atoms with Crippen LogP contribution in [-0.4, -0.2) is 79.3 Å². The molecule has 1 aliphatic heterocycles. The van der Waals surface area contributed by atoms with Gasteiger partial charge in [-0.3, -0.25) is 14.7 Å². The van der Waals surface area contributed by atoms with E-state index < -0.39 is 53.4 Å². The van der Waals surface area contributed by atoms with Gasteiger partial charge >= 0.3 is 13.7 Å². The first kappa shape index (κ1) is 33.6. The topological polar surface area (TPSA) is 175 Å². The third-order valence-electron chi connectivity index (χ3n) is 6.55. The first-order chi connectivity index (χ1) is 19.8. The number of nitrogens with one attached hydrogen (secondary N) is 1. The molecule has 2 aromatic rings. The van der Waals surface area contributed by atoms with Gasteiger partial charge in [-0.25, -0.2) is 13.2 Å². The number of nitro benzene ring substituents is 1. The van der Waals surface area contributed by atoms with Gasteiger partial charge < -0.3 is 24.2 Å². The van der Waals surface area contributed by atoms with Gasteiger partial charge in [-0.05, 0) is 30.0 Å². The number of hydrogen-bond donors (Lipinski definition) is 2. The molecule has 2 aromatic carbocycles. The zero-order chi connectivity index (χ0) is 30.9. The van der Waals surface area contributed by atoms with Crippen molar-refractivity contribution in [1.29, 1.82) is 0 Å². The van der Waals surface area contributed by atoms with Crippen molar-refractivity contribution in [3.05, 3.63) is 70.3 Å². The third kappa shape index (κ3) is 9.85. The Hall–Kier alpha value is -2.87. The smallest absolute Gasteiger partial charge is 0.407 e. The zero-order valence-electron chi connectivity index (χ0n) is 23.8. The Bertz CT molecular complexity index is 1340. The van der Waals surface area contributed by atoms with E-state index in [0.29, 0.717) is 13.0 Å². The molecule has 0 aromatic heterocycles. The first-order valence-electron chi connectivity index (χ1n) is 13.6. The molecule has 2 N–H and O–H groups in total. The quantitative estimate of drug-likeness (QED) is 0.167. The fourth-order valence-corrected chi connectivity index (χ4v) is 6.78. The minimum absolute atomic E-state index is 0.00293. The summed E-state index contributed by atoms with van der Waals surface area (Å²) in [6.45, 7) is 5.37. The summed E-state index contributed by atoms with van der Waals surface area (Å²) in [5.41, 5.74) is 0.492. The highest BCUT2D eigenvalue weighted by molar-refractivity contribution is 7.89. The Labute approximate surface area is 245 Å². The molecule has 4 atom stereocenters. The van der Waals surface area contributed by atoms with Crippen molar-refractivity contribution >= 4 is 29.4 Å². The molecule has 0 bridgehead atoms. The van der Waals surface area contributed by atoms with Gasteiger partial charge in [-0.15, -0.1) is 0 Å². The van der Waals surface area contributed by atoms with Crippen LogP contribution < -0.4 is 5.32 Å². The number of carbonyl (C=O) groups is 1. The normalized spacial score (nSPS) is 18.4. The lowest BCUT2D eigenvalue weighted by Crippen LogP contribution is -2.52. The zero-order valence-corrected chi connectivity index (χ0v) is 25.5. The number of amides is 1. The van der Waals surface area contributed by atoms with Crippen molar-refractivity contribution in [1.82, 2.24) is 9.62 Å². The standard InChI is InChI=1S/C27H38N3O10PS/c1-4-41(34,35)40-26(18-29(17-20(2)3)42(36,37)24-12-10-22(11-13-24)30(32)33)25(16-21-8-6-5-7-9-21)28-27(31)39-23-14-15-38-19-23/h5-13,20,23,25-26H,4,14-19H2,1-3H3,(H,28,31)(H,34,35)/t23?,25?,26-/m1/s1. The lowest BCUT2D eigenvalue weighted by atomic mass is 10.0. The lowest BCUT2D eigenvalue weighted by Gasteiger charge is -2.34. The number of nitro groups is 1. The SMILES string of the molecule is CCP(=O)(O)O[C@H](CN(CC(C)C)S(=O)(=O)c1ccc([N+](=O)[O-])cc1)C(Cc1ccccc1)NC(=O)OC1CCOC1. The molecule has 0 radical (unpaired) electrons. The molecule has 42 heavy (non-hydrogen) atoms. The average molecular weight is 628 g/mol. The van der Waals surface area contributed by atoms with Gasteiger partial charge in [0.1, 0.15) is 12.2 Å². The van der Waals surface area contributed by atoms with Gasteiger partial charge in [0.25, 0.3) is 5.69 Å². The molecule has 0 spiro atoms. The number of ether oxygens (including phenoxy) is 2. The van der Waals surface area contributed by atoms with Crippen LogP contribution >= 0.6 is 7.60 Å². The van der Waals surface area contributed by atoms with E-state index in [0.717, 1.165) is 34.1 Å². The molecule has 1 amide bonds. The Kier molecular flexibility index (Phi) is 12.0. The summed E-state index contributed by atoms with van der Waals surface area (Å²) in [7, 11) is -8.45. The van der Waals surface area contributed by atoms with E-state index in [9.17, 15) is 32.8 Å². The summed E-state index contributed by atoms with van der Waals surface area (Å²) in [5, 5.41) is 13.8. The second-order valence-corrected chi connectivity index (χ2v) is 14.5. The number of non-ortho nitro benzene ring substituents is 1. The molecule has 3 rings (SSSR count). The van der Waals surface area contributed by atoms with Crippen LogP contribution in [-0.2, 0) is 35.0 Å². The largest absolute Gasteiger partial charge is 0.444 e. The Morgan fingerprint density at radius 1 is 1.19 bits per heavy atom. The maximum absolute atomic E-state index is 13.8. The molecule has 232 valence electrons. The molecule has 1 aliphatic rings. The molecular formula is C27H38N3O10PS. The van der Waals surface area contributed by atoms with Gasteiger partial charge in [-0.2, -0.15) is 4.31 Å². The number of carbonyl (C=O) groups excluding carboxylic acids is 1. The van der Waals surface area contributed by atoms with Gasteiger partial charge in [0.2, 0.25) is 10.0 Å². The highest BCUT2D eigenvalue weighted by Gasteiger charge is 2.37. The summed E-state index contributed by atoms with van der Waals surface area (Å²) in [6.07, 6.45) is -2.11. The van der Waals surface area contributed by atoms with E-state index in [1.165, 1.54) is 6.92 Å². The highest BCUT2D eigenvalue weighted by atomic mass is 32.2. The molecule has 1 heterocycles. The Morgan fingerprint density at radius 2 is 1.86 bits per heavy atom. The minimum Gasteiger partial charge on any atom is -0.444 e. The van der Waals surface area contributed by atoms with Crippen LogP contribution in [0.1, 0.15) is 32.8 Å². The number of hydrogen-bond acceptors (Lipinski definition) is 9. The van der Waals surface area contributed by atoms with E-state index in [4.69, 9.17) is 14.0 Å². The summed E-state index contributed by atoms with van der Waals surface area (Å²) >= 11 is 0. The molecule has 0 aliphatic carbocycles. The molecule has 15 heteroatoms. The molecule has 3 unspecified atom stereocenters. The van der Waals surface area contributed by atoms with Crippen molar-refractivity contribution in [2.45, 2.75) is 56.8 Å². The number of nitrogens with zero attached hydrogens (tertiary/aromatic N) is 2. The van der Waals surface area contributed by atoms with Crippen molar-refractivity contribution in [2.24, 2.45) is 5.92 Å². The lowest BCUT2D eigenvalue weighted by molar-refractivity contribution is -0.384. The number of alkyl carbamates (subject to hydrolysis) is 1. The molecule has 13 nitrogen and oxygen atoms in total. The van der Waals surface area contributed by atoms with Crippen molar-refractivity contribution in [3.63, 3.8) is 0 Å². The van der Waals surface area contributed by atoms with Crippen molar-refractivity contribution in [2.75, 3.05) is 32.5 Å². The summed E-state index contributed by atoms with van der Waals surface area (Å²) in [4.78, 5) is 33.7. The van der Waals surface area contributed by atoms with Crippen molar-refractivity contribution < 1.29 is 41.6 Å². The number of sulfonamides is 1. The predicted octanol–water partition coefficient (Wildman–Crippen LogP) is 3.96. The number of rotatable bonds is 15. The third-order valence-corrected chi connectivity index (χ3v) is 9.79. The van der Waals surface area contributed by atoms with E-state index in [2.05, 4.69) is 5.32 Å². The van der Waals surface area contributed by atoms with Gasteiger partial charge in [-0.1, -0.05) is 51.1 Å². The van der Waals surface area contributed by atoms with Crippen molar-refractivity contribution in [3.8, 4) is 0 Å². The second kappa shape index (κ2) is 15.0. The van der Waals surface area contributed by atoms with Crippen LogP contribution in [0.5, 0.6) is 0 Å².